The molecule has 0 aliphatic heterocycles. The average molecular weight is 450 g/mol. The highest BCUT2D eigenvalue weighted by molar-refractivity contribution is 7.92. The van der Waals surface area contributed by atoms with E-state index in [-0.39, 0.29) is 35.0 Å². The molecule has 0 fully saturated rings. The standard InChI is InChI=1S/C21H23FN2O6S/c1-12(25)11-29-18-9-15-17(10-16(18)24(3)31(4,27)28)30-20(19(15)21(26)23-2)13-5-7-14(22)8-6-13/h5-10,12,25H,11H2,1-4H3,(H,23,26). The number of carbonyl (C=O) groups excluding carboxylic acids is 1. The van der Waals surface area contributed by atoms with Gasteiger partial charge in [-0.1, -0.05) is 0 Å². The van der Waals surface area contributed by atoms with Gasteiger partial charge in [0.25, 0.3) is 5.91 Å². The Morgan fingerprint density at radius 3 is 2.48 bits per heavy atom. The molecule has 0 spiro atoms. The molecule has 1 unspecified atom stereocenters. The maximum absolute atomic E-state index is 13.4. The van der Waals surface area contributed by atoms with Crippen LogP contribution in [0.5, 0.6) is 5.75 Å². The van der Waals surface area contributed by atoms with E-state index in [1.807, 2.05) is 0 Å². The lowest BCUT2D eigenvalue weighted by Gasteiger charge is -2.21. The molecular weight excluding hydrogens is 427 g/mol. The topological polar surface area (TPSA) is 109 Å². The molecule has 1 atom stereocenters. The van der Waals surface area contributed by atoms with Crippen molar-refractivity contribution in [3.63, 3.8) is 0 Å². The molecule has 0 saturated carbocycles. The summed E-state index contributed by atoms with van der Waals surface area (Å²) in [6.45, 7) is 1.44. The molecule has 2 aromatic carbocycles. The first-order chi connectivity index (χ1) is 14.5. The third-order valence-corrected chi connectivity index (χ3v) is 5.84. The number of nitrogens with one attached hydrogen (secondary N) is 1. The van der Waals surface area contributed by atoms with Crippen molar-refractivity contribution in [2.75, 3.05) is 31.3 Å². The van der Waals surface area contributed by atoms with Gasteiger partial charge in [-0.3, -0.25) is 9.10 Å². The summed E-state index contributed by atoms with van der Waals surface area (Å²) in [5.41, 5.74) is 1.09. The van der Waals surface area contributed by atoms with Gasteiger partial charge in [0.05, 0.1) is 23.6 Å². The largest absolute Gasteiger partial charge is 0.489 e. The van der Waals surface area contributed by atoms with Crippen molar-refractivity contribution < 1.29 is 31.9 Å². The number of hydrogen-bond donors (Lipinski definition) is 2. The third kappa shape index (κ3) is 4.64. The SMILES string of the molecule is CNC(=O)c1c(-c2ccc(F)cc2)oc2cc(N(C)S(C)(=O)=O)c(OCC(C)O)cc12. The normalized spacial score (nSPS) is 12.6. The van der Waals surface area contributed by atoms with Crippen molar-refractivity contribution in [2.24, 2.45) is 0 Å². The molecular formula is C21H23FN2O6S. The molecule has 0 aliphatic carbocycles. The predicted molar refractivity (Wildman–Crippen MR) is 115 cm³/mol. The number of halogens is 1. The summed E-state index contributed by atoms with van der Waals surface area (Å²) < 4.78 is 50.2. The van der Waals surface area contributed by atoms with Crippen LogP contribution < -0.4 is 14.4 Å². The highest BCUT2D eigenvalue weighted by atomic mass is 32.2. The first-order valence-electron chi connectivity index (χ1n) is 9.36. The third-order valence-electron chi connectivity index (χ3n) is 4.65. The Hall–Kier alpha value is -3.11. The molecule has 1 amide bonds. The molecule has 3 rings (SSSR count). The smallest absolute Gasteiger partial charge is 0.255 e. The quantitative estimate of drug-likeness (QED) is 0.573. The second-order valence-electron chi connectivity index (χ2n) is 7.10. The van der Waals surface area contributed by atoms with Crippen LogP contribution >= 0.6 is 0 Å². The number of carbonyl (C=O) groups is 1. The molecule has 3 aromatic rings. The number of sulfonamides is 1. The minimum atomic E-state index is -3.64. The van der Waals surface area contributed by atoms with Gasteiger partial charge < -0.3 is 19.6 Å². The van der Waals surface area contributed by atoms with Crippen LogP contribution in [-0.4, -0.2) is 52.5 Å². The van der Waals surface area contributed by atoms with E-state index in [2.05, 4.69) is 5.32 Å². The van der Waals surface area contributed by atoms with Gasteiger partial charge in [-0.25, -0.2) is 12.8 Å². The Labute approximate surface area is 179 Å². The van der Waals surface area contributed by atoms with Gasteiger partial charge in [0.1, 0.15) is 29.5 Å². The van der Waals surface area contributed by atoms with Gasteiger partial charge in [0.2, 0.25) is 10.0 Å². The fourth-order valence-electron chi connectivity index (χ4n) is 3.02. The number of fused-ring (bicyclic) bond motifs is 1. The minimum Gasteiger partial charge on any atom is -0.489 e. The molecule has 2 N–H and O–H groups in total. The lowest BCUT2D eigenvalue weighted by Crippen LogP contribution is -2.26. The van der Waals surface area contributed by atoms with Crippen LogP contribution in [-0.2, 0) is 10.0 Å². The molecule has 0 radical (unpaired) electrons. The molecule has 1 aromatic heterocycles. The number of ether oxygens (including phenoxy) is 1. The van der Waals surface area contributed by atoms with Crippen LogP contribution in [0.15, 0.2) is 40.8 Å². The first-order valence-corrected chi connectivity index (χ1v) is 11.2. The Bertz CT molecular complexity index is 1220. The maximum atomic E-state index is 13.4. The van der Waals surface area contributed by atoms with Crippen molar-refractivity contribution in [3.8, 4) is 17.1 Å². The number of aliphatic hydroxyl groups excluding tert-OH is 1. The van der Waals surface area contributed by atoms with Crippen LogP contribution in [0.2, 0.25) is 0 Å². The van der Waals surface area contributed by atoms with Crippen LogP contribution in [0.1, 0.15) is 17.3 Å². The molecule has 0 aliphatic rings. The number of aliphatic hydroxyl groups is 1. The fourth-order valence-corrected chi connectivity index (χ4v) is 3.52. The van der Waals surface area contributed by atoms with E-state index in [0.717, 1.165) is 10.6 Å². The Morgan fingerprint density at radius 1 is 1.29 bits per heavy atom. The number of hydrogen-bond acceptors (Lipinski definition) is 6. The van der Waals surface area contributed by atoms with Crippen molar-refractivity contribution in [1.29, 1.82) is 0 Å². The molecule has 0 saturated heterocycles. The van der Waals surface area contributed by atoms with E-state index in [9.17, 15) is 22.7 Å². The summed E-state index contributed by atoms with van der Waals surface area (Å²) in [5, 5.41) is 12.5. The minimum absolute atomic E-state index is 0.0892. The van der Waals surface area contributed by atoms with Crippen LogP contribution in [0.3, 0.4) is 0 Å². The van der Waals surface area contributed by atoms with E-state index in [0.29, 0.717) is 10.9 Å². The number of anilines is 1. The zero-order valence-electron chi connectivity index (χ0n) is 17.5. The molecule has 31 heavy (non-hydrogen) atoms. The van der Waals surface area contributed by atoms with Gasteiger partial charge >= 0.3 is 0 Å². The number of rotatable bonds is 7. The molecule has 8 nitrogen and oxygen atoms in total. The van der Waals surface area contributed by atoms with Crippen LogP contribution in [0.4, 0.5) is 10.1 Å². The second kappa shape index (κ2) is 8.56. The second-order valence-corrected chi connectivity index (χ2v) is 9.11. The summed E-state index contributed by atoms with van der Waals surface area (Å²) >= 11 is 0. The zero-order chi connectivity index (χ0) is 22.9. The molecule has 166 valence electrons. The Balaban J connectivity index is 2.30. The van der Waals surface area contributed by atoms with E-state index < -0.39 is 27.9 Å². The molecule has 1 heterocycles. The first kappa shape index (κ1) is 22.6. The monoisotopic (exact) mass is 450 g/mol. The number of benzene rings is 2. The van der Waals surface area contributed by atoms with Crippen LogP contribution in [0.25, 0.3) is 22.3 Å². The molecule has 10 heteroatoms. The summed E-state index contributed by atoms with van der Waals surface area (Å²) in [7, 11) is -0.818. The summed E-state index contributed by atoms with van der Waals surface area (Å²) in [4.78, 5) is 12.7. The van der Waals surface area contributed by atoms with Gasteiger partial charge in [-0.2, -0.15) is 0 Å². The fraction of sp³-hybridized carbons (Fsp3) is 0.286. The van der Waals surface area contributed by atoms with Crippen molar-refractivity contribution in [3.05, 3.63) is 47.8 Å². The van der Waals surface area contributed by atoms with Gasteiger partial charge in [-0.15, -0.1) is 0 Å². The maximum Gasteiger partial charge on any atom is 0.255 e. The van der Waals surface area contributed by atoms with Crippen molar-refractivity contribution >= 4 is 32.6 Å². The summed E-state index contributed by atoms with van der Waals surface area (Å²) in [6.07, 6.45) is 0.238. The Kier molecular flexibility index (Phi) is 6.23. The predicted octanol–water partition coefficient (Wildman–Crippen LogP) is 2.75. The number of furan rings is 1. The van der Waals surface area contributed by atoms with Gasteiger partial charge in [0, 0.05) is 31.1 Å². The van der Waals surface area contributed by atoms with Gasteiger partial charge in [0.15, 0.2) is 0 Å². The van der Waals surface area contributed by atoms with Crippen molar-refractivity contribution in [2.45, 2.75) is 13.0 Å². The van der Waals surface area contributed by atoms with Gasteiger partial charge in [-0.05, 0) is 37.3 Å². The summed E-state index contributed by atoms with van der Waals surface area (Å²) in [6, 6.07) is 8.40. The van der Waals surface area contributed by atoms with E-state index in [1.165, 1.54) is 57.4 Å². The highest BCUT2D eigenvalue weighted by Crippen LogP contribution is 2.40. The summed E-state index contributed by atoms with van der Waals surface area (Å²) in [5.74, 6) is -0.524. The van der Waals surface area contributed by atoms with Crippen molar-refractivity contribution in [1.82, 2.24) is 5.32 Å². The Morgan fingerprint density at radius 2 is 1.94 bits per heavy atom. The highest BCUT2D eigenvalue weighted by Gasteiger charge is 2.26. The van der Waals surface area contributed by atoms with E-state index in [1.54, 1.807) is 0 Å². The number of amides is 1. The van der Waals surface area contributed by atoms with E-state index >= 15 is 0 Å². The lowest BCUT2D eigenvalue weighted by atomic mass is 10.0. The average Bonchev–Trinajstić information content (AvgIpc) is 3.08. The lowest BCUT2D eigenvalue weighted by molar-refractivity contribution is 0.0964. The van der Waals surface area contributed by atoms with Crippen LogP contribution in [0, 0.1) is 5.82 Å². The zero-order valence-corrected chi connectivity index (χ0v) is 18.3. The molecule has 0 bridgehead atoms. The number of nitrogens with zero attached hydrogens (tertiary/aromatic N) is 1. The van der Waals surface area contributed by atoms with E-state index in [4.69, 9.17) is 9.15 Å².